The summed E-state index contributed by atoms with van der Waals surface area (Å²) in [4.78, 5) is 2.56. The normalized spacial score (nSPS) is 23.6. The number of nitrogens with two attached hydrogens (primary N) is 1. The third-order valence-electron chi connectivity index (χ3n) is 3.76. The summed E-state index contributed by atoms with van der Waals surface area (Å²) < 4.78 is 1.16. The topological polar surface area (TPSA) is 29.3 Å². The molecule has 2 N–H and O–H groups in total. The Bertz CT molecular complexity index is 367. The van der Waals surface area contributed by atoms with Crippen LogP contribution in [0, 0.1) is 5.92 Å². The van der Waals surface area contributed by atoms with E-state index >= 15 is 0 Å². The zero-order valence-corrected chi connectivity index (χ0v) is 12.0. The maximum atomic E-state index is 5.79. The number of halogens is 1. The second-order valence-electron chi connectivity index (χ2n) is 4.97. The van der Waals surface area contributed by atoms with Crippen LogP contribution in [0.5, 0.6) is 0 Å². The average Bonchev–Trinajstić information content (AvgIpc) is 2.38. The molecule has 0 radical (unpaired) electrons. The Balaban J connectivity index is 2.06. The van der Waals surface area contributed by atoms with Gasteiger partial charge in [-0.1, -0.05) is 28.1 Å². The van der Waals surface area contributed by atoms with Crippen LogP contribution >= 0.6 is 15.9 Å². The molecule has 1 aliphatic heterocycles. The molecule has 1 saturated heterocycles. The van der Waals surface area contributed by atoms with Crippen LogP contribution in [0.2, 0.25) is 0 Å². The van der Waals surface area contributed by atoms with Gasteiger partial charge in [-0.2, -0.15) is 0 Å². The van der Waals surface area contributed by atoms with E-state index < -0.39 is 0 Å². The van der Waals surface area contributed by atoms with Crippen LogP contribution in [0.4, 0.5) is 0 Å². The molecule has 1 aromatic rings. The monoisotopic (exact) mass is 296 g/mol. The Morgan fingerprint density at radius 3 is 3.06 bits per heavy atom. The molecular weight excluding hydrogens is 276 g/mol. The summed E-state index contributed by atoms with van der Waals surface area (Å²) in [7, 11) is 0. The van der Waals surface area contributed by atoms with Gasteiger partial charge in [0.15, 0.2) is 0 Å². The first-order valence-electron chi connectivity index (χ1n) is 6.40. The second-order valence-corrected chi connectivity index (χ2v) is 5.89. The van der Waals surface area contributed by atoms with Gasteiger partial charge in [-0.15, -0.1) is 0 Å². The Morgan fingerprint density at radius 2 is 2.35 bits per heavy atom. The minimum absolute atomic E-state index is 0.488. The van der Waals surface area contributed by atoms with Gasteiger partial charge in [-0.3, -0.25) is 4.90 Å². The summed E-state index contributed by atoms with van der Waals surface area (Å²) in [5, 5.41) is 0. The van der Waals surface area contributed by atoms with Gasteiger partial charge < -0.3 is 5.73 Å². The van der Waals surface area contributed by atoms with Crippen LogP contribution in [-0.2, 0) is 0 Å². The van der Waals surface area contributed by atoms with Crippen molar-refractivity contribution in [2.75, 3.05) is 19.6 Å². The highest BCUT2D eigenvalue weighted by molar-refractivity contribution is 9.10. The number of hydrogen-bond donors (Lipinski definition) is 1. The summed E-state index contributed by atoms with van der Waals surface area (Å²) in [5.74, 6) is 0.679. The Labute approximate surface area is 112 Å². The van der Waals surface area contributed by atoms with Gasteiger partial charge in [-0.05, 0) is 56.5 Å². The molecule has 0 spiro atoms. The quantitative estimate of drug-likeness (QED) is 0.928. The minimum Gasteiger partial charge on any atom is -0.330 e. The second kappa shape index (κ2) is 5.98. The largest absolute Gasteiger partial charge is 0.330 e. The molecule has 0 aromatic heterocycles. The van der Waals surface area contributed by atoms with Crippen molar-refractivity contribution in [3.8, 4) is 0 Å². The average molecular weight is 297 g/mol. The predicted molar refractivity (Wildman–Crippen MR) is 75.9 cm³/mol. The molecule has 1 aliphatic rings. The number of rotatable bonds is 3. The van der Waals surface area contributed by atoms with Gasteiger partial charge in [0.25, 0.3) is 0 Å². The van der Waals surface area contributed by atoms with Crippen molar-refractivity contribution in [3.63, 3.8) is 0 Å². The summed E-state index contributed by atoms with van der Waals surface area (Å²) in [6.45, 7) is 5.46. The van der Waals surface area contributed by atoms with Crippen molar-refractivity contribution in [1.29, 1.82) is 0 Å². The highest BCUT2D eigenvalue weighted by Crippen LogP contribution is 2.27. The SMILES string of the molecule is CC(c1cccc(Br)c1)N1CCCC(CN)C1. The van der Waals surface area contributed by atoms with Crippen molar-refractivity contribution in [2.24, 2.45) is 11.7 Å². The lowest BCUT2D eigenvalue weighted by Crippen LogP contribution is -2.39. The van der Waals surface area contributed by atoms with Gasteiger partial charge in [0.2, 0.25) is 0 Å². The summed E-state index contributed by atoms with van der Waals surface area (Å²) >= 11 is 3.54. The van der Waals surface area contributed by atoms with Gasteiger partial charge in [0.05, 0.1) is 0 Å². The molecule has 0 aliphatic carbocycles. The summed E-state index contributed by atoms with van der Waals surface area (Å²) in [6.07, 6.45) is 2.57. The van der Waals surface area contributed by atoms with Gasteiger partial charge in [0.1, 0.15) is 0 Å². The van der Waals surface area contributed by atoms with Gasteiger partial charge in [0, 0.05) is 17.1 Å². The van der Waals surface area contributed by atoms with Crippen molar-refractivity contribution in [2.45, 2.75) is 25.8 Å². The van der Waals surface area contributed by atoms with E-state index in [0.29, 0.717) is 12.0 Å². The Hall–Kier alpha value is -0.380. The zero-order valence-electron chi connectivity index (χ0n) is 10.4. The minimum atomic E-state index is 0.488. The van der Waals surface area contributed by atoms with Crippen molar-refractivity contribution in [3.05, 3.63) is 34.3 Å². The van der Waals surface area contributed by atoms with Crippen LogP contribution in [0.1, 0.15) is 31.4 Å². The lowest BCUT2D eigenvalue weighted by Gasteiger charge is -2.36. The van der Waals surface area contributed by atoms with Crippen LogP contribution in [0.3, 0.4) is 0 Å². The first kappa shape index (κ1) is 13.1. The number of piperidine rings is 1. The molecule has 3 heteroatoms. The third kappa shape index (κ3) is 3.30. The Kier molecular flexibility index (Phi) is 4.60. The van der Waals surface area contributed by atoms with E-state index in [1.54, 1.807) is 0 Å². The van der Waals surface area contributed by atoms with Crippen molar-refractivity contribution in [1.82, 2.24) is 4.90 Å². The van der Waals surface area contributed by atoms with Crippen LogP contribution in [0.25, 0.3) is 0 Å². The molecule has 0 saturated carbocycles. The van der Waals surface area contributed by atoms with Crippen LogP contribution in [0.15, 0.2) is 28.7 Å². The molecule has 2 unspecified atom stereocenters. The van der Waals surface area contributed by atoms with E-state index in [0.717, 1.165) is 17.6 Å². The lowest BCUT2D eigenvalue weighted by atomic mass is 9.95. The molecular formula is C14H21BrN2. The predicted octanol–water partition coefficient (Wildman–Crippen LogP) is 3.18. The fraction of sp³-hybridized carbons (Fsp3) is 0.571. The highest BCUT2D eigenvalue weighted by Gasteiger charge is 2.23. The summed E-state index contributed by atoms with van der Waals surface area (Å²) in [6, 6.07) is 9.11. The number of hydrogen-bond acceptors (Lipinski definition) is 2. The molecule has 2 rings (SSSR count). The molecule has 17 heavy (non-hydrogen) atoms. The smallest absolute Gasteiger partial charge is 0.0320 e. The highest BCUT2D eigenvalue weighted by atomic mass is 79.9. The zero-order chi connectivity index (χ0) is 12.3. The molecule has 94 valence electrons. The van der Waals surface area contributed by atoms with Gasteiger partial charge in [-0.25, -0.2) is 0 Å². The number of likely N-dealkylation sites (tertiary alicyclic amines) is 1. The van der Waals surface area contributed by atoms with E-state index in [9.17, 15) is 0 Å². The van der Waals surface area contributed by atoms with E-state index in [1.165, 1.54) is 24.9 Å². The van der Waals surface area contributed by atoms with Crippen LogP contribution in [-0.4, -0.2) is 24.5 Å². The molecule has 0 amide bonds. The maximum absolute atomic E-state index is 5.79. The summed E-state index contributed by atoms with van der Waals surface area (Å²) in [5.41, 5.74) is 7.18. The molecule has 1 aromatic carbocycles. The van der Waals surface area contributed by atoms with E-state index in [2.05, 4.69) is 52.0 Å². The number of benzene rings is 1. The standard InChI is InChI=1S/C14H21BrN2/c1-11(13-5-2-6-14(15)8-13)17-7-3-4-12(9-16)10-17/h2,5-6,8,11-12H,3-4,7,9-10,16H2,1H3. The van der Waals surface area contributed by atoms with E-state index in [1.807, 2.05) is 0 Å². The number of nitrogens with zero attached hydrogens (tertiary/aromatic N) is 1. The van der Waals surface area contributed by atoms with Crippen molar-refractivity contribution < 1.29 is 0 Å². The fourth-order valence-corrected chi connectivity index (χ4v) is 3.04. The molecule has 0 bridgehead atoms. The van der Waals surface area contributed by atoms with Crippen molar-refractivity contribution >= 4 is 15.9 Å². The molecule has 2 atom stereocenters. The maximum Gasteiger partial charge on any atom is 0.0320 e. The Morgan fingerprint density at radius 1 is 1.53 bits per heavy atom. The van der Waals surface area contributed by atoms with Crippen LogP contribution < -0.4 is 5.73 Å². The molecule has 1 heterocycles. The first-order valence-corrected chi connectivity index (χ1v) is 7.19. The third-order valence-corrected chi connectivity index (χ3v) is 4.26. The molecule has 1 fully saturated rings. The van der Waals surface area contributed by atoms with E-state index in [-0.39, 0.29) is 0 Å². The van der Waals surface area contributed by atoms with Gasteiger partial charge >= 0.3 is 0 Å². The molecule has 2 nitrogen and oxygen atoms in total. The van der Waals surface area contributed by atoms with E-state index in [4.69, 9.17) is 5.73 Å². The fourth-order valence-electron chi connectivity index (χ4n) is 2.62. The lowest BCUT2D eigenvalue weighted by molar-refractivity contribution is 0.134. The first-order chi connectivity index (χ1) is 8.20.